The number of benzene rings is 1. The van der Waals surface area contributed by atoms with Crippen LogP contribution in [0.2, 0.25) is 0 Å². The summed E-state index contributed by atoms with van der Waals surface area (Å²) in [7, 11) is 0. The van der Waals surface area contributed by atoms with Gasteiger partial charge < -0.3 is 20.3 Å². The second-order valence-corrected chi connectivity index (χ2v) is 10.3. The van der Waals surface area contributed by atoms with E-state index in [9.17, 15) is 45.5 Å². The molecule has 14 heteroatoms. The van der Waals surface area contributed by atoms with E-state index in [0.29, 0.717) is 6.07 Å². The Balaban J connectivity index is 2.05. The maximum absolute atomic E-state index is 14.2. The Morgan fingerprint density at radius 2 is 1.65 bits per heavy atom. The lowest BCUT2D eigenvalue weighted by molar-refractivity contribution is -0.162. The average molecular weight is 582 g/mol. The molecule has 1 saturated heterocycles. The van der Waals surface area contributed by atoms with Gasteiger partial charge in [-0.1, -0.05) is 27.7 Å². The van der Waals surface area contributed by atoms with E-state index in [-0.39, 0.29) is 24.8 Å². The number of nitrogens with zero attached hydrogens (tertiary/aromatic N) is 1. The molecule has 0 radical (unpaired) electrons. The molecule has 1 aromatic rings. The van der Waals surface area contributed by atoms with Gasteiger partial charge in [-0.15, -0.1) is 0 Å². The van der Waals surface area contributed by atoms with Crippen LogP contribution < -0.4 is 10.6 Å². The van der Waals surface area contributed by atoms with E-state index < -0.39 is 96.9 Å². The second kappa shape index (κ2) is 13.8. The fourth-order valence-corrected chi connectivity index (χ4v) is 4.21. The molecule has 1 aliphatic rings. The standard InChI is InChI=1S/C26H33F6N3O5/c1-13(2)22(24(38)34-23(14(3)4)25(39)40-8-7-26(30,31)32)33-19(36)11-17-5-6-20(37)35(17)12-15-9-16(27)10-18(28)21(15)29/h9-10,13-14,17,22-23H,5-8,11-12H2,1-4H3,(H,33,36)(H,34,38)/t17-,22-,23-/m0/s1. The van der Waals surface area contributed by atoms with Gasteiger partial charge in [-0.05, 0) is 24.3 Å². The third-order valence-corrected chi connectivity index (χ3v) is 6.40. The molecule has 2 N–H and O–H groups in total. The van der Waals surface area contributed by atoms with E-state index in [0.717, 1.165) is 11.0 Å². The Labute approximate surface area is 227 Å². The lowest BCUT2D eigenvalue weighted by atomic mass is 9.99. The molecule has 224 valence electrons. The fourth-order valence-electron chi connectivity index (χ4n) is 4.21. The zero-order chi connectivity index (χ0) is 30.4. The third-order valence-electron chi connectivity index (χ3n) is 6.40. The van der Waals surface area contributed by atoms with E-state index in [1.54, 1.807) is 27.7 Å². The van der Waals surface area contributed by atoms with Crippen molar-refractivity contribution in [2.75, 3.05) is 6.61 Å². The molecule has 0 aliphatic carbocycles. The van der Waals surface area contributed by atoms with Crippen molar-refractivity contribution in [3.05, 3.63) is 35.1 Å². The van der Waals surface area contributed by atoms with Gasteiger partial charge in [0.15, 0.2) is 11.6 Å². The summed E-state index contributed by atoms with van der Waals surface area (Å²) in [5.41, 5.74) is -0.389. The van der Waals surface area contributed by atoms with E-state index in [4.69, 9.17) is 0 Å². The molecule has 0 saturated carbocycles. The monoisotopic (exact) mass is 581 g/mol. The molecule has 0 spiro atoms. The van der Waals surface area contributed by atoms with Crippen LogP contribution in [-0.4, -0.2) is 59.5 Å². The SMILES string of the molecule is CC(C)[C@H](NC(=O)C[C@@H]1CCC(=O)N1Cc1cc(F)cc(F)c1F)C(=O)N[C@H](C(=O)OCCC(F)(F)F)C(C)C. The van der Waals surface area contributed by atoms with Gasteiger partial charge in [0.25, 0.3) is 0 Å². The lowest BCUT2D eigenvalue weighted by Crippen LogP contribution is -2.55. The first-order chi connectivity index (χ1) is 18.5. The predicted molar refractivity (Wildman–Crippen MR) is 130 cm³/mol. The molecule has 8 nitrogen and oxygen atoms in total. The van der Waals surface area contributed by atoms with Crippen LogP contribution in [0.1, 0.15) is 58.9 Å². The summed E-state index contributed by atoms with van der Waals surface area (Å²) in [5, 5.41) is 4.96. The first kappa shape index (κ1) is 32.9. The molecule has 1 heterocycles. The Morgan fingerprint density at radius 3 is 2.23 bits per heavy atom. The number of carbonyl (C=O) groups is 4. The van der Waals surface area contributed by atoms with E-state index in [1.807, 2.05) is 0 Å². The minimum atomic E-state index is -4.52. The van der Waals surface area contributed by atoms with Crippen molar-refractivity contribution in [1.82, 2.24) is 15.5 Å². The van der Waals surface area contributed by atoms with Gasteiger partial charge >= 0.3 is 12.1 Å². The van der Waals surface area contributed by atoms with Crippen LogP contribution >= 0.6 is 0 Å². The lowest BCUT2D eigenvalue weighted by Gasteiger charge is -2.28. The molecule has 0 unspecified atom stereocenters. The fraction of sp³-hybridized carbons (Fsp3) is 0.615. The first-order valence-electron chi connectivity index (χ1n) is 12.8. The number of hydrogen-bond acceptors (Lipinski definition) is 5. The van der Waals surface area contributed by atoms with Crippen molar-refractivity contribution in [1.29, 1.82) is 0 Å². The highest BCUT2D eigenvalue weighted by Crippen LogP contribution is 2.26. The second-order valence-electron chi connectivity index (χ2n) is 10.3. The Hall–Kier alpha value is -3.32. The summed E-state index contributed by atoms with van der Waals surface area (Å²) in [4.78, 5) is 51.7. The van der Waals surface area contributed by atoms with Gasteiger partial charge in [0.1, 0.15) is 24.5 Å². The molecule has 2 rings (SSSR count). The number of alkyl halides is 3. The number of rotatable bonds is 12. The molecule has 3 atom stereocenters. The Kier molecular flexibility index (Phi) is 11.4. The van der Waals surface area contributed by atoms with Gasteiger partial charge in [0, 0.05) is 37.1 Å². The summed E-state index contributed by atoms with van der Waals surface area (Å²) < 4.78 is 83.2. The smallest absolute Gasteiger partial charge is 0.392 e. The van der Waals surface area contributed by atoms with Crippen molar-refractivity contribution < 1.29 is 50.3 Å². The van der Waals surface area contributed by atoms with Gasteiger partial charge in [0.2, 0.25) is 17.7 Å². The van der Waals surface area contributed by atoms with Gasteiger partial charge in [-0.25, -0.2) is 18.0 Å². The summed E-state index contributed by atoms with van der Waals surface area (Å²) in [6.45, 7) is 4.97. The molecule has 1 fully saturated rings. The van der Waals surface area contributed by atoms with Crippen LogP contribution in [0.15, 0.2) is 12.1 Å². The van der Waals surface area contributed by atoms with E-state index >= 15 is 0 Å². The predicted octanol–water partition coefficient (Wildman–Crippen LogP) is 3.76. The number of likely N-dealkylation sites (tertiary alicyclic amines) is 1. The molecule has 1 aliphatic heterocycles. The van der Waals surface area contributed by atoms with Crippen molar-refractivity contribution in [3.63, 3.8) is 0 Å². The number of halogens is 6. The number of hydrogen-bond donors (Lipinski definition) is 2. The zero-order valence-electron chi connectivity index (χ0n) is 22.5. The Bertz CT molecular complexity index is 1100. The molecule has 40 heavy (non-hydrogen) atoms. The summed E-state index contributed by atoms with van der Waals surface area (Å²) in [6.07, 6.45) is -5.93. The van der Waals surface area contributed by atoms with Crippen LogP contribution in [0.4, 0.5) is 26.3 Å². The third kappa shape index (κ3) is 9.40. The largest absolute Gasteiger partial charge is 0.464 e. The minimum Gasteiger partial charge on any atom is -0.464 e. The van der Waals surface area contributed by atoms with E-state index in [1.165, 1.54) is 0 Å². The minimum absolute atomic E-state index is 0.0258. The molecule has 0 aromatic heterocycles. The summed E-state index contributed by atoms with van der Waals surface area (Å²) in [6, 6.07) is -2.03. The topological polar surface area (TPSA) is 105 Å². The molecular weight excluding hydrogens is 548 g/mol. The highest BCUT2D eigenvalue weighted by Gasteiger charge is 2.36. The molecule has 3 amide bonds. The average Bonchev–Trinajstić information content (AvgIpc) is 3.16. The number of nitrogens with one attached hydrogen (secondary N) is 2. The summed E-state index contributed by atoms with van der Waals surface area (Å²) in [5.74, 6) is -7.69. The van der Waals surface area contributed by atoms with Gasteiger partial charge in [0.05, 0.1) is 6.42 Å². The van der Waals surface area contributed by atoms with Gasteiger partial charge in [-0.2, -0.15) is 13.2 Å². The summed E-state index contributed by atoms with van der Waals surface area (Å²) >= 11 is 0. The Morgan fingerprint density at radius 1 is 1.02 bits per heavy atom. The molecule has 0 bridgehead atoms. The highest BCUT2D eigenvalue weighted by atomic mass is 19.4. The van der Waals surface area contributed by atoms with Crippen LogP contribution in [0, 0.1) is 29.3 Å². The van der Waals surface area contributed by atoms with Crippen LogP contribution in [0.3, 0.4) is 0 Å². The normalized spacial score (nSPS) is 17.2. The molecule has 1 aromatic carbocycles. The number of carbonyl (C=O) groups excluding carboxylic acids is 4. The maximum atomic E-state index is 14.2. The first-order valence-corrected chi connectivity index (χ1v) is 12.8. The van der Waals surface area contributed by atoms with Gasteiger partial charge in [-0.3, -0.25) is 14.4 Å². The molecular formula is C26H33F6N3O5. The van der Waals surface area contributed by atoms with E-state index in [2.05, 4.69) is 15.4 Å². The highest BCUT2D eigenvalue weighted by molar-refractivity contribution is 5.91. The van der Waals surface area contributed by atoms with Crippen LogP contribution in [0.5, 0.6) is 0 Å². The quantitative estimate of drug-likeness (QED) is 0.222. The number of amides is 3. The van der Waals surface area contributed by atoms with Crippen molar-refractivity contribution in [3.8, 4) is 0 Å². The van der Waals surface area contributed by atoms with Crippen molar-refractivity contribution >= 4 is 23.7 Å². The number of ether oxygens (including phenoxy) is 1. The van der Waals surface area contributed by atoms with Crippen molar-refractivity contribution in [2.45, 2.75) is 84.2 Å². The number of esters is 1. The zero-order valence-corrected chi connectivity index (χ0v) is 22.5. The van der Waals surface area contributed by atoms with Crippen LogP contribution in [-0.2, 0) is 30.5 Å². The van der Waals surface area contributed by atoms with Crippen molar-refractivity contribution in [2.24, 2.45) is 11.8 Å². The maximum Gasteiger partial charge on any atom is 0.392 e. The van der Waals surface area contributed by atoms with Crippen LogP contribution in [0.25, 0.3) is 0 Å².